The first kappa shape index (κ1) is 16.6. The highest BCUT2D eigenvalue weighted by Crippen LogP contribution is 2.29. The zero-order valence-electron chi connectivity index (χ0n) is 14.0. The van der Waals surface area contributed by atoms with Crippen molar-refractivity contribution in [1.82, 2.24) is 0 Å². The summed E-state index contributed by atoms with van der Waals surface area (Å²) >= 11 is 0. The second-order valence-corrected chi connectivity index (χ2v) is 6.71. The van der Waals surface area contributed by atoms with Crippen molar-refractivity contribution in [2.24, 2.45) is 11.8 Å². The van der Waals surface area contributed by atoms with Gasteiger partial charge in [-0.1, -0.05) is 79.9 Å². The number of benzene rings is 2. The van der Waals surface area contributed by atoms with E-state index in [4.69, 9.17) is 0 Å². The van der Waals surface area contributed by atoms with Crippen molar-refractivity contribution in [3.63, 3.8) is 0 Å². The minimum absolute atomic E-state index is 0.0324. The standard InChI is InChI=1S/C22H24O2/c23-21(18-12-6-2-7-13-18)20(16-17-10-4-1-5-11-17)22(24)19-14-8-3-9-15-19/h1-2,4-7,10-13,19-20H,3,8-9,14-16H2. The van der Waals surface area contributed by atoms with E-state index in [0.29, 0.717) is 12.0 Å². The van der Waals surface area contributed by atoms with Crippen LogP contribution in [0.4, 0.5) is 0 Å². The minimum Gasteiger partial charge on any atom is -0.299 e. The van der Waals surface area contributed by atoms with Gasteiger partial charge in [-0.05, 0) is 24.8 Å². The minimum atomic E-state index is -0.558. The van der Waals surface area contributed by atoms with Crippen LogP contribution < -0.4 is 0 Å². The molecule has 0 bridgehead atoms. The van der Waals surface area contributed by atoms with Crippen molar-refractivity contribution >= 4 is 11.6 Å². The number of rotatable bonds is 6. The van der Waals surface area contributed by atoms with Gasteiger partial charge in [-0.25, -0.2) is 0 Å². The third kappa shape index (κ3) is 4.00. The molecule has 0 aromatic heterocycles. The molecule has 1 unspecified atom stereocenters. The quantitative estimate of drug-likeness (QED) is 0.561. The number of ketones is 2. The molecule has 1 aliphatic carbocycles. The summed E-state index contributed by atoms with van der Waals surface area (Å²) in [6, 6.07) is 19.1. The van der Waals surface area contributed by atoms with Gasteiger partial charge in [-0.15, -0.1) is 0 Å². The van der Waals surface area contributed by atoms with E-state index >= 15 is 0 Å². The molecule has 0 amide bonds. The van der Waals surface area contributed by atoms with Crippen LogP contribution in [-0.4, -0.2) is 11.6 Å². The summed E-state index contributed by atoms with van der Waals surface area (Å²) in [7, 11) is 0. The third-order valence-corrected chi connectivity index (χ3v) is 5.01. The molecule has 0 radical (unpaired) electrons. The number of hydrogen-bond donors (Lipinski definition) is 0. The molecule has 2 nitrogen and oxygen atoms in total. The van der Waals surface area contributed by atoms with Gasteiger partial charge in [0.2, 0.25) is 0 Å². The molecule has 2 aromatic rings. The third-order valence-electron chi connectivity index (χ3n) is 5.01. The normalized spacial score (nSPS) is 16.5. The van der Waals surface area contributed by atoms with Gasteiger partial charge in [0, 0.05) is 11.5 Å². The van der Waals surface area contributed by atoms with E-state index in [2.05, 4.69) is 0 Å². The Labute approximate surface area is 143 Å². The Balaban J connectivity index is 1.85. The van der Waals surface area contributed by atoms with Crippen LogP contribution in [0.3, 0.4) is 0 Å². The van der Waals surface area contributed by atoms with Crippen molar-refractivity contribution < 1.29 is 9.59 Å². The fraction of sp³-hybridized carbons (Fsp3) is 0.364. The van der Waals surface area contributed by atoms with Crippen LogP contribution in [0.1, 0.15) is 48.0 Å². The monoisotopic (exact) mass is 320 g/mol. The lowest BCUT2D eigenvalue weighted by Gasteiger charge is -2.25. The van der Waals surface area contributed by atoms with Gasteiger partial charge in [0.05, 0.1) is 5.92 Å². The Bertz CT molecular complexity index is 670. The molecule has 2 heteroatoms. The second kappa shape index (κ2) is 8.05. The predicted octanol–water partition coefficient (Wildman–Crippen LogP) is 4.88. The first-order valence-corrected chi connectivity index (χ1v) is 8.92. The lowest BCUT2D eigenvalue weighted by Crippen LogP contribution is -2.32. The zero-order chi connectivity index (χ0) is 16.8. The summed E-state index contributed by atoms with van der Waals surface area (Å²) in [4.78, 5) is 26.1. The van der Waals surface area contributed by atoms with Crippen LogP contribution in [0.25, 0.3) is 0 Å². The van der Waals surface area contributed by atoms with Crippen LogP contribution in [0, 0.1) is 11.8 Å². The highest BCUT2D eigenvalue weighted by Gasteiger charge is 2.33. The SMILES string of the molecule is O=C(c1ccccc1)C(Cc1ccccc1)C(=O)C1CCCCC1. The van der Waals surface area contributed by atoms with E-state index in [-0.39, 0.29) is 17.5 Å². The molecule has 0 N–H and O–H groups in total. The molecule has 2 aromatic carbocycles. The number of carbonyl (C=O) groups excluding carboxylic acids is 2. The topological polar surface area (TPSA) is 34.1 Å². The first-order chi connectivity index (χ1) is 11.8. The Morgan fingerprint density at radius 2 is 1.42 bits per heavy atom. The fourth-order valence-corrected chi connectivity index (χ4v) is 3.65. The maximum Gasteiger partial charge on any atom is 0.173 e. The van der Waals surface area contributed by atoms with Crippen LogP contribution in [0.5, 0.6) is 0 Å². The molecule has 0 spiro atoms. The molecule has 1 atom stereocenters. The molecule has 24 heavy (non-hydrogen) atoms. The van der Waals surface area contributed by atoms with Gasteiger partial charge >= 0.3 is 0 Å². The highest BCUT2D eigenvalue weighted by molar-refractivity contribution is 6.11. The summed E-state index contributed by atoms with van der Waals surface area (Å²) < 4.78 is 0. The van der Waals surface area contributed by atoms with Gasteiger partial charge in [0.15, 0.2) is 5.78 Å². The number of Topliss-reactive ketones (excluding diaryl/α,β-unsaturated/α-hetero) is 2. The van der Waals surface area contributed by atoms with Crippen LogP contribution in [0.15, 0.2) is 60.7 Å². The molecular formula is C22H24O2. The molecule has 0 saturated heterocycles. The summed E-state index contributed by atoms with van der Waals surface area (Å²) in [6.07, 6.45) is 5.80. The summed E-state index contributed by atoms with van der Waals surface area (Å²) in [5.74, 6) is -0.388. The number of hydrogen-bond acceptors (Lipinski definition) is 2. The van der Waals surface area contributed by atoms with E-state index in [0.717, 1.165) is 31.2 Å². The summed E-state index contributed by atoms with van der Waals surface area (Å²) in [5.41, 5.74) is 1.69. The van der Waals surface area contributed by atoms with Gasteiger partial charge in [0.1, 0.15) is 5.78 Å². The van der Waals surface area contributed by atoms with Crippen molar-refractivity contribution in [3.05, 3.63) is 71.8 Å². The molecule has 1 aliphatic rings. The zero-order valence-corrected chi connectivity index (χ0v) is 14.0. The Morgan fingerprint density at radius 3 is 2.04 bits per heavy atom. The van der Waals surface area contributed by atoms with Crippen LogP contribution in [-0.2, 0) is 11.2 Å². The van der Waals surface area contributed by atoms with E-state index in [9.17, 15) is 9.59 Å². The van der Waals surface area contributed by atoms with Gasteiger partial charge in [-0.3, -0.25) is 9.59 Å². The highest BCUT2D eigenvalue weighted by atomic mass is 16.2. The van der Waals surface area contributed by atoms with Crippen molar-refractivity contribution in [3.8, 4) is 0 Å². The molecule has 0 heterocycles. The Morgan fingerprint density at radius 1 is 0.833 bits per heavy atom. The van der Waals surface area contributed by atoms with E-state index < -0.39 is 5.92 Å². The fourth-order valence-electron chi connectivity index (χ4n) is 3.65. The average Bonchev–Trinajstić information content (AvgIpc) is 2.67. The average molecular weight is 320 g/mol. The smallest absolute Gasteiger partial charge is 0.173 e. The summed E-state index contributed by atoms with van der Waals surface area (Å²) in [5, 5.41) is 0. The van der Waals surface area contributed by atoms with E-state index in [1.54, 1.807) is 0 Å². The van der Waals surface area contributed by atoms with Gasteiger partial charge < -0.3 is 0 Å². The van der Waals surface area contributed by atoms with E-state index in [1.807, 2.05) is 60.7 Å². The molecule has 1 fully saturated rings. The Hall–Kier alpha value is -2.22. The second-order valence-electron chi connectivity index (χ2n) is 6.71. The first-order valence-electron chi connectivity index (χ1n) is 8.92. The van der Waals surface area contributed by atoms with Crippen LogP contribution in [0.2, 0.25) is 0 Å². The maximum atomic E-state index is 13.1. The maximum absolute atomic E-state index is 13.1. The van der Waals surface area contributed by atoms with Gasteiger partial charge in [-0.2, -0.15) is 0 Å². The lowest BCUT2D eigenvalue weighted by atomic mass is 9.77. The summed E-state index contributed by atoms with van der Waals surface area (Å²) in [6.45, 7) is 0. The van der Waals surface area contributed by atoms with E-state index in [1.165, 1.54) is 6.42 Å². The molecular weight excluding hydrogens is 296 g/mol. The van der Waals surface area contributed by atoms with Crippen molar-refractivity contribution in [2.45, 2.75) is 38.5 Å². The van der Waals surface area contributed by atoms with Crippen molar-refractivity contribution in [1.29, 1.82) is 0 Å². The van der Waals surface area contributed by atoms with Crippen molar-refractivity contribution in [2.75, 3.05) is 0 Å². The molecule has 0 aliphatic heterocycles. The Kier molecular flexibility index (Phi) is 5.58. The largest absolute Gasteiger partial charge is 0.299 e. The van der Waals surface area contributed by atoms with Gasteiger partial charge in [0.25, 0.3) is 0 Å². The predicted molar refractivity (Wildman–Crippen MR) is 96.0 cm³/mol. The lowest BCUT2D eigenvalue weighted by molar-refractivity contribution is -0.126. The molecule has 3 rings (SSSR count). The molecule has 1 saturated carbocycles. The number of carbonyl (C=O) groups is 2. The van der Waals surface area contributed by atoms with Crippen LogP contribution >= 0.6 is 0 Å². The molecule has 124 valence electrons.